The maximum Gasteiger partial charge on any atom is 0.332 e. The number of hydrogen-bond donors (Lipinski definition) is 1. The first-order valence-electron chi connectivity index (χ1n) is 7.75. The largest absolute Gasteiger partial charge is 0.368 e. The molecule has 1 aromatic carbocycles. The Morgan fingerprint density at radius 3 is 2.27 bits per heavy atom. The fourth-order valence-corrected chi connectivity index (χ4v) is 2.72. The molecule has 2 aromatic rings. The van der Waals surface area contributed by atoms with Crippen molar-refractivity contribution in [1.82, 2.24) is 14.0 Å². The van der Waals surface area contributed by atoms with Gasteiger partial charge in [0.05, 0.1) is 6.04 Å². The lowest BCUT2D eigenvalue weighted by molar-refractivity contribution is 0.295. The molecule has 0 aliphatic heterocycles. The number of hydrogen-bond acceptors (Lipinski definition) is 5. The van der Waals surface area contributed by atoms with Gasteiger partial charge in [0.15, 0.2) is 5.56 Å². The molecule has 0 aliphatic carbocycles. The molecular weight excluding hydrogens is 344 g/mol. The van der Waals surface area contributed by atoms with Crippen molar-refractivity contribution in [2.45, 2.75) is 6.04 Å². The molecule has 138 valence electrons. The molecular formula is C17H19F2N5O2. The van der Waals surface area contributed by atoms with E-state index in [9.17, 15) is 23.6 Å². The fourth-order valence-electron chi connectivity index (χ4n) is 2.72. The van der Waals surface area contributed by atoms with Gasteiger partial charge >= 0.3 is 5.69 Å². The molecule has 0 fully saturated rings. The second-order valence-electron chi connectivity index (χ2n) is 6.04. The first-order valence-corrected chi connectivity index (χ1v) is 7.75. The van der Waals surface area contributed by atoms with Crippen molar-refractivity contribution in [2.24, 2.45) is 14.1 Å². The zero-order valence-electron chi connectivity index (χ0n) is 14.9. The quantitative estimate of drug-likeness (QED) is 0.855. The number of nitrogens with zero attached hydrogens (tertiary/aromatic N) is 4. The third-order valence-corrected chi connectivity index (χ3v) is 4.20. The summed E-state index contributed by atoms with van der Waals surface area (Å²) >= 11 is 0. The van der Waals surface area contributed by atoms with Crippen molar-refractivity contribution in [3.8, 4) is 6.07 Å². The van der Waals surface area contributed by atoms with E-state index in [1.165, 1.54) is 20.2 Å². The highest BCUT2D eigenvalue weighted by molar-refractivity contribution is 5.51. The number of benzene rings is 1. The van der Waals surface area contributed by atoms with Crippen molar-refractivity contribution in [3.63, 3.8) is 0 Å². The second kappa shape index (κ2) is 7.49. The average molecular weight is 363 g/mol. The fraction of sp³-hybridized carbons (Fsp3) is 0.353. The third-order valence-electron chi connectivity index (χ3n) is 4.20. The maximum atomic E-state index is 14.1. The smallest absolute Gasteiger partial charge is 0.332 e. The number of rotatable bonds is 5. The molecule has 1 atom stereocenters. The summed E-state index contributed by atoms with van der Waals surface area (Å²) in [6, 6.07) is 4.62. The number of nitrogens with one attached hydrogen (secondary N) is 1. The highest BCUT2D eigenvalue weighted by Gasteiger charge is 2.23. The molecule has 1 aromatic heterocycles. The number of halogens is 2. The van der Waals surface area contributed by atoms with Crippen LogP contribution in [-0.4, -0.2) is 34.7 Å². The van der Waals surface area contributed by atoms with Crippen molar-refractivity contribution < 1.29 is 8.78 Å². The lowest BCUT2D eigenvalue weighted by Gasteiger charge is -2.27. The van der Waals surface area contributed by atoms with Crippen LogP contribution in [0.15, 0.2) is 27.8 Å². The van der Waals surface area contributed by atoms with E-state index in [4.69, 9.17) is 0 Å². The standard InChI is InChI=1S/C17H19F2N5O2/c1-22(2)13(14-11(18)6-5-7-12(14)19)9-21-15-10(8-20)16(25)24(4)17(26)23(15)3/h5-7,13,21H,9H2,1-4H3. The molecule has 9 heteroatoms. The van der Waals surface area contributed by atoms with Crippen molar-refractivity contribution in [2.75, 3.05) is 26.0 Å². The van der Waals surface area contributed by atoms with Gasteiger partial charge in [0.2, 0.25) is 0 Å². The average Bonchev–Trinajstić information content (AvgIpc) is 2.59. The molecule has 7 nitrogen and oxygen atoms in total. The van der Waals surface area contributed by atoms with Gasteiger partial charge in [-0.3, -0.25) is 13.9 Å². The Bertz CT molecular complexity index is 968. The van der Waals surface area contributed by atoms with E-state index >= 15 is 0 Å². The van der Waals surface area contributed by atoms with E-state index < -0.39 is 28.9 Å². The minimum Gasteiger partial charge on any atom is -0.368 e. The van der Waals surface area contributed by atoms with Gasteiger partial charge < -0.3 is 10.2 Å². The highest BCUT2D eigenvalue weighted by Crippen LogP contribution is 2.25. The van der Waals surface area contributed by atoms with Crippen LogP contribution in [0.5, 0.6) is 0 Å². The van der Waals surface area contributed by atoms with Gasteiger partial charge in [0.25, 0.3) is 5.56 Å². The number of aromatic nitrogens is 2. The molecule has 0 radical (unpaired) electrons. The van der Waals surface area contributed by atoms with Gasteiger partial charge in [-0.15, -0.1) is 0 Å². The summed E-state index contributed by atoms with van der Waals surface area (Å²) in [6.45, 7) is -0.0278. The van der Waals surface area contributed by atoms with Crippen LogP contribution in [0.1, 0.15) is 17.2 Å². The highest BCUT2D eigenvalue weighted by atomic mass is 19.1. The summed E-state index contributed by atoms with van der Waals surface area (Å²) in [5.41, 5.74) is -1.75. The summed E-state index contributed by atoms with van der Waals surface area (Å²) < 4.78 is 30.2. The summed E-state index contributed by atoms with van der Waals surface area (Å²) in [4.78, 5) is 25.8. The SMILES string of the molecule is CN(C)C(CNc1c(C#N)c(=O)n(C)c(=O)n1C)c1c(F)cccc1F. The van der Waals surface area contributed by atoms with Crippen LogP contribution in [0, 0.1) is 23.0 Å². The molecule has 0 saturated carbocycles. The molecule has 0 saturated heterocycles. The molecule has 2 rings (SSSR count). The number of anilines is 1. The van der Waals surface area contributed by atoms with Crippen LogP contribution in [-0.2, 0) is 14.1 Å². The summed E-state index contributed by atoms with van der Waals surface area (Å²) in [7, 11) is 5.96. The predicted molar refractivity (Wildman–Crippen MR) is 92.9 cm³/mol. The van der Waals surface area contributed by atoms with Crippen LogP contribution >= 0.6 is 0 Å². The zero-order valence-corrected chi connectivity index (χ0v) is 14.9. The Hall–Kier alpha value is -2.99. The van der Waals surface area contributed by atoms with Gasteiger partial charge in [0.1, 0.15) is 23.5 Å². The first kappa shape index (κ1) is 19.3. The predicted octanol–water partition coefficient (Wildman–Crippen LogP) is 0.949. The monoisotopic (exact) mass is 363 g/mol. The number of nitriles is 1. The van der Waals surface area contributed by atoms with E-state index in [0.717, 1.165) is 21.3 Å². The van der Waals surface area contributed by atoms with Crippen LogP contribution in [0.3, 0.4) is 0 Å². The van der Waals surface area contributed by atoms with Crippen LogP contribution < -0.4 is 16.6 Å². The minimum atomic E-state index is -0.739. The summed E-state index contributed by atoms with van der Waals surface area (Å²) in [5.74, 6) is -1.41. The van der Waals surface area contributed by atoms with E-state index in [1.54, 1.807) is 25.1 Å². The van der Waals surface area contributed by atoms with Crippen LogP contribution in [0.4, 0.5) is 14.6 Å². The Labute approximate surface area is 148 Å². The van der Waals surface area contributed by atoms with E-state index in [-0.39, 0.29) is 23.5 Å². The Morgan fingerprint density at radius 1 is 1.19 bits per heavy atom. The van der Waals surface area contributed by atoms with E-state index in [2.05, 4.69) is 5.32 Å². The van der Waals surface area contributed by atoms with Gasteiger partial charge in [-0.05, 0) is 26.2 Å². The Morgan fingerprint density at radius 2 is 1.77 bits per heavy atom. The molecule has 1 heterocycles. The molecule has 0 aliphatic rings. The molecule has 1 unspecified atom stereocenters. The molecule has 0 amide bonds. The van der Waals surface area contributed by atoms with Crippen molar-refractivity contribution >= 4 is 5.82 Å². The number of likely N-dealkylation sites (N-methyl/N-ethyl adjacent to an activating group) is 1. The molecule has 0 spiro atoms. The first-order chi connectivity index (χ1) is 12.2. The second-order valence-corrected chi connectivity index (χ2v) is 6.04. The molecule has 1 N–H and O–H groups in total. The van der Waals surface area contributed by atoms with Gasteiger partial charge in [-0.2, -0.15) is 5.26 Å². The van der Waals surface area contributed by atoms with E-state index in [0.29, 0.717) is 0 Å². The van der Waals surface area contributed by atoms with Crippen LogP contribution in [0.2, 0.25) is 0 Å². The van der Waals surface area contributed by atoms with Crippen LogP contribution in [0.25, 0.3) is 0 Å². The minimum absolute atomic E-state index is 0.00389. The van der Waals surface area contributed by atoms with E-state index in [1.807, 2.05) is 0 Å². The summed E-state index contributed by atoms with van der Waals surface area (Å²) in [6.07, 6.45) is 0. The normalized spacial score (nSPS) is 12.1. The topological polar surface area (TPSA) is 83.1 Å². The maximum absolute atomic E-state index is 14.1. The van der Waals surface area contributed by atoms with Gasteiger partial charge in [-0.1, -0.05) is 6.07 Å². The molecule has 26 heavy (non-hydrogen) atoms. The summed E-state index contributed by atoms with van der Waals surface area (Å²) in [5, 5.41) is 12.1. The Kier molecular flexibility index (Phi) is 5.57. The zero-order chi connectivity index (χ0) is 19.6. The lowest BCUT2D eigenvalue weighted by Crippen LogP contribution is -2.40. The van der Waals surface area contributed by atoms with Gasteiger partial charge in [0, 0.05) is 26.2 Å². The van der Waals surface area contributed by atoms with Crippen molar-refractivity contribution in [1.29, 1.82) is 5.26 Å². The van der Waals surface area contributed by atoms with Crippen molar-refractivity contribution in [3.05, 3.63) is 61.8 Å². The van der Waals surface area contributed by atoms with Gasteiger partial charge in [-0.25, -0.2) is 13.6 Å². The lowest BCUT2D eigenvalue weighted by atomic mass is 10.0. The Balaban J connectivity index is 2.48. The third kappa shape index (κ3) is 3.36. The molecule has 0 bridgehead atoms.